The molecule has 4 saturated heterocycles. The molecule has 5 heterocycles. The van der Waals surface area contributed by atoms with Crippen LogP contribution in [-0.4, -0.2) is 75.8 Å². The normalized spacial score (nSPS) is 34.0. The van der Waals surface area contributed by atoms with Crippen LogP contribution >= 0.6 is 0 Å². The van der Waals surface area contributed by atoms with Crippen molar-refractivity contribution in [3.05, 3.63) is 27.0 Å². The Hall–Kier alpha value is -2.21. The molecule has 0 radical (unpaired) electrons. The molecule has 8 nitrogen and oxygen atoms in total. The molecule has 4 bridgehead atoms. The molecule has 1 aromatic rings. The summed E-state index contributed by atoms with van der Waals surface area (Å²) in [6, 6.07) is 1.93. The van der Waals surface area contributed by atoms with E-state index < -0.39 is 5.56 Å². The van der Waals surface area contributed by atoms with Crippen LogP contribution in [0.5, 0.6) is 5.88 Å². The number of rotatable bonds is 2. The Morgan fingerprint density at radius 1 is 1.21 bits per heavy atom. The zero-order valence-corrected chi connectivity index (χ0v) is 13.9. The van der Waals surface area contributed by atoms with Crippen LogP contribution in [0, 0.1) is 18.3 Å². The molecule has 4 aliphatic heterocycles. The number of nitriles is 1. The molecule has 1 N–H and O–H groups in total. The van der Waals surface area contributed by atoms with Gasteiger partial charge in [0.2, 0.25) is 5.88 Å². The molecule has 0 aliphatic carbocycles. The van der Waals surface area contributed by atoms with Gasteiger partial charge in [-0.05, 0) is 12.5 Å². The van der Waals surface area contributed by atoms with E-state index in [9.17, 15) is 15.2 Å². The van der Waals surface area contributed by atoms with Crippen molar-refractivity contribution in [3.63, 3.8) is 0 Å². The van der Waals surface area contributed by atoms with E-state index >= 15 is 0 Å². The van der Waals surface area contributed by atoms with Gasteiger partial charge in [-0.15, -0.1) is 0 Å². The minimum Gasteiger partial charge on any atom is -0.494 e. The molecule has 0 amide bonds. The van der Waals surface area contributed by atoms with E-state index in [-0.39, 0.29) is 17.0 Å². The lowest BCUT2D eigenvalue weighted by Crippen LogP contribution is -2.75. The fraction of sp³-hybridized carbons (Fsp3) is 0.562. The van der Waals surface area contributed by atoms with Crippen molar-refractivity contribution in [2.75, 3.05) is 39.6 Å². The highest BCUT2D eigenvalue weighted by Gasteiger charge is 2.48. The van der Waals surface area contributed by atoms with Crippen molar-refractivity contribution in [3.8, 4) is 11.9 Å². The quantitative estimate of drug-likeness (QED) is 0.719. The minimum absolute atomic E-state index is 0.0542. The fourth-order valence-electron chi connectivity index (χ4n) is 4.20. The first-order chi connectivity index (χ1) is 11.4. The van der Waals surface area contributed by atoms with Gasteiger partial charge in [-0.25, -0.2) is 0 Å². The van der Waals surface area contributed by atoms with Gasteiger partial charge in [-0.1, -0.05) is 0 Å². The number of pyridine rings is 1. The zero-order chi connectivity index (χ0) is 17.1. The van der Waals surface area contributed by atoms with Crippen LogP contribution in [0.1, 0.15) is 16.7 Å². The number of aromatic nitrogens is 1. The maximum Gasteiger partial charge on any atom is 0.271 e. The van der Waals surface area contributed by atoms with Crippen molar-refractivity contribution >= 4 is 6.21 Å². The molecule has 0 unspecified atom stereocenters. The van der Waals surface area contributed by atoms with E-state index in [0.29, 0.717) is 11.1 Å². The summed E-state index contributed by atoms with van der Waals surface area (Å²) in [5.41, 5.74) is 0.285. The molecule has 1 aromatic heterocycles. The lowest BCUT2D eigenvalue weighted by atomic mass is 9.91. The molecular weight excluding hydrogens is 308 g/mol. The topological polar surface area (TPSA) is 88.1 Å². The maximum absolute atomic E-state index is 12.0. The Morgan fingerprint density at radius 2 is 1.75 bits per heavy atom. The van der Waals surface area contributed by atoms with Crippen LogP contribution < -0.4 is 5.56 Å². The third-order valence-electron chi connectivity index (χ3n) is 5.19. The van der Waals surface area contributed by atoms with E-state index in [1.165, 1.54) is 7.05 Å². The van der Waals surface area contributed by atoms with Crippen LogP contribution in [-0.2, 0) is 7.05 Å². The summed E-state index contributed by atoms with van der Waals surface area (Å²) in [5.74, 6) is -0.147. The molecule has 0 spiro atoms. The third-order valence-corrected chi connectivity index (χ3v) is 5.19. The molecule has 4 aliphatic rings. The monoisotopic (exact) mass is 328 g/mol. The smallest absolute Gasteiger partial charge is 0.271 e. The summed E-state index contributed by atoms with van der Waals surface area (Å²) in [6.45, 7) is 7.31. The van der Waals surface area contributed by atoms with Gasteiger partial charge in [0.1, 0.15) is 11.6 Å². The minimum atomic E-state index is -0.484. The standard InChI is InChI=1S/C16H20N6O2/c1-11-12(3-17)14(23)19(2)15(24)13(11)4-18-16-5-20-8-21(6-16)10-22(7-16)9-20/h4,24H,5-10H2,1-2H3. The first-order valence-corrected chi connectivity index (χ1v) is 7.97. The third kappa shape index (κ3) is 2.17. The van der Waals surface area contributed by atoms with E-state index in [1.807, 2.05) is 6.07 Å². The van der Waals surface area contributed by atoms with Crippen molar-refractivity contribution < 1.29 is 5.11 Å². The van der Waals surface area contributed by atoms with Crippen molar-refractivity contribution in [1.29, 1.82) is 5.26 Å². The Bertz CT molecular complexity index is 799. The first kappa shape index (κ1) is 15.3. The number of hydrogen-bond donors (Lipinski definition) is 1. The van der Waals surface area contributed by atoms with Crippen LogP contribution in [0.4, 0.5) is 0 Å². The largest absolute Gasteiger partial charge is 0.494 e. The van der Waals surface area contributed by atoms with Gasteiger partial charge in [0.05, 0.1) is 31.1 Å². The Morgan fingerprint density at radius 3 is 2.25 bits per heavy atom. The fourth-order valence-corrected chi connectivity index (χ4v) is 4.20. The lowest BCUT2D eigenvalue weighted by Gasteiger charge is -2.59. The van der Waals surface area contributed by atoms with Crippen LogP contribution in [0.15, 0.2) is 9.79 Å². The van der Waals surface area contributed by atoms with Gasteiger partial charge in [0, 0.05) is 32.9 Å². The second kappa shape index (κ2) is 5.14. The highest BCUT2D eigenvalue weighted by atomic mass is 16.3. The molecular formula is C16H20N6O2. The zero-order valence-electron chi connectivity index (χ0n) is 13.9. The van der Waals surface area contributed by atoms with E-state index in [1.54, 1.807) is 13.1 Å². The summed E-state index contributed by atoms with van der Waals surface area (Å²) in [6.07, 6.45) is 1.64. The summed E-state index contributed by atoms with van der Waals surface area (Å²) in [5, 5.41) is 19.6. The molecule has 0 aromatic carbocycles. The second-order valence-electron chi connectivity index (χ2n) is 7.11. The predicted octanol–water partition coefficient (Wildman–Crippen LogP) is -0.752. The first-order valence-electron chi connectivity index (χ1n) is 7.97. The molecule has 126 valence electrons. The van der Waals surface area contributed by atoms with Crippen LogP contribution in [0.3, 0.4) is 0 Å². The Balaban J connectivity index is 1.74. The maximum atomic E-state index is 12.0. The number of aliphatic imine (C=N–C) groups is 1. The summed E-state index contributed by atoms with van der Waals surface area (Å²) < 4.78 is 1.10. The molecule has 24 heavy (non-hydrogen) atoms. The average Bonchev–Trinajstić information content (AvgIpc) is 2.52. The average molecular weight is 328 g/mol. The van der Waals surface area contributed by atoms with E-state index in [0.717, 1.165) is 44.2 Å². The molecule has 5 rings (SSSR count). The number of aromatic hydroxyl groups is 1. The summed E-state index contributed by atoms with van der Waals surface area (Å²) in [7, 11) is 1.46. The molecule has 8 heteroatoms. The highest BCUT2D eigenvalue weighted by Crippen LogP contribution is 2.32. The SMILES string of the molecule is Cc1c(C=NC23CN4CN(CN(C4)C2)C3)c(O)n(C)c(=O)c1C#N. The van der Waals surface area contributed by atoms with Gasteiger partial charge in [0.15, 0.2) is 0 Å². The van der Waals surface area contributed by atoms with Crippen molar-refractivity contribution in [2.45, 2.75) is 12.5 Å². The van der Waals surface area contributed by atoms with Gasteiger partial charge in [-0.2, -0.15) is 5.26 Å². The highest BCUT2D eigenvalue weighted by molar-refractivity contribution is 5.86. The number of nitrogens with zero attached hydrogens (tertiary/aromatic N) is 6. The molecule has 0 saturated carbocycles. The Kier molecular flexibility index (Phi) is 3.28. The van der Waals surface area contributed by atoms with Crippen molar-refractivity contribution in [2.24, 2.45) is 12.0 Å². The Labute approximate surface area is 139 Å². The van der Waals surface area contributed by atoms with Crippen LogP contribution in [0.2, 0.25) is 0 Å². The van der Waals surface area contributed by atoms with E-state index in [2.05, 4.69) is 14.7 Å². The lowest BCUT2D eigenvalue weighted by molar-refractivity contribution is -0.139. The van der Waals surface area contributed by atoms with Gasteiger partial charge < -0.3 is 5.11 Å². The van der Waals surface area contributed by atoms with Gasteiger partial charge in [0.25, 0.3) is 5.56 Å². The molecule has 0 atom stereocenters. The van der Waals surface area contributed by atoms with Gasteiger partial charge in [-0.3, -0.25) is 29.1 Å². The molecule has 4 fully saturated rings. The van der Waals surface area contributed by atoms with Crippen molar-refractivity contribution in [1.82, 2.24) is 19.3 Å². The van der Waals surface area contributed by atoms with E-state index in [4.69, 9.17) is 4.99 Å². The van der Waals surface area contributed by atoms with Gasteiger partial charge >= 0.3 is 0 Å². The summed E-state index contributed by atoms with van der Waals surface area (Å²) in [4.78, 5) is 23.9. The predicted molar refractivity (Wildman–Crippen MR) is 87.8 cm³/mol. The second-order valence-corrected chi connectivity index (χ2v) is 7.11. The number of hydrogen-bond acceptors (Lipinski definition) is 7. The summed E-state index contributed by atoms with van der Waals surface area (Å²) >= 11 is 0. The van der Waals surface area contributed by atoms with Crippen LogP contribution in [0.25, 0.3) is 0 Å².